The second-order valence-corrected chi connectivity index (χ2v) is 4.73. The van der Waals surface area contributed by atoms with Gasteiger partial charge in [-0.1, -0.05) is 0 Å². The number of anilines is 1. The van der Waals surface area contributed by atoms with Gasteiger partial charge in [0, 0.05) is 24.5 Å². The zero-order valence-electron chi connectivity index (χ0n) is 11.5. The van der Waals surface area contributed by atoms with Crippen LogP contribution in [0.15, 0.2) is 41.7 Å². The van der Waals surface area contributed by atoms with E-state index in [9.17, 15) is 0 Å². The maximum Gasteiger partial charge on any atom is 0.196 e. The number of hydrogen-bond donors (Lipinski definition) is 1. The van der Waals surface area contributed by atoms with Gasteiger partial charge in [0.05, 0.1) is 25.9 Å². The molecule has 0 saturated carbocycles. The standard InChI is InChI=1S/C14H17N5O/c1-18-9-10(7-17-18)13-8-16-14(15)19(13)11-3-5-12(20-2)6-4-11/h3-7,9,13H,8H2,1-2H3,(H2,15,16). The summed E-state index contributed by atoms with van der Waals surface area (Å²) in [6.45, 7) is 0.642. The Hall–Kier alpha value is -2.50. The van der Waals surface area contributed by atoms with Crippen LogP contribution in [0.4, 0.5) is 5.69 Å². The van der Waals surface area contributed by atoms with Crippen molar-refractivity contribution < 1.29 is 4.74 Å². The molecule has 1 atom stereocenters. The molecular weight excluding hydrogens is 254 g/mol. The minimum absolute atomic E-state index is 0.0945. The average Bonchev–Trinajstić information content (AvgIpc) is 3.05. The monoisotopic (exact) mass is 271 g/mol. The van der Waals surface area contributed by atoms with E-state index in [1.54, 1.807) is 11.8 Å². The summed E-state index contributed by atoms with van der Waals surface area (Å²) >= 11 is 0. The van der Waals surface area contributed by atoms with Gasteiger partial charge in [-0.15, -0.1) is 0 Å². The number of aryl methyl sites for hydroxylation is 1. The van der Waals surface area contributed by atoms with Crippen molar-refractivity contribution in [3.63, 3.8) is 0 Å². The molecular formula is C14H17N5O. The fraction of sp³-hybridized carbons (Fsp3) is 0.286. The number of nitrogens with two attached hydrogens (primary N) is 1. The molecule has 2 N–H and O–H groups in total. The van der Waals surface area contributed by atoms with Crippen molar-refractivity contribution in [1.82, 2.24) is 9.78 Å². The van der Waals surface area contributed by atoms with E-state index in [1.165, 1.54) is 0 Å². The largest absolute Gasteiger partial charge is 0.497 e. The molecule has 6 heteroatoms. The molecule has 0 bridgehead atoms. The van der Waals surface area contributed by atoms with E-state index in [-0.39, 0.29) is 6.04 Å². The first kappa shape index (κ1) is 12.5. The van der Waals surface area contributed by atoms with Crippen LogP contribution in [0.25, 0.3) is 0 Å². The molecule has 20 heavy (non-hydrogen) atoms. The van der Waals surface area contributed by atoms with Crippen LogP contribution in [0.2, 0.25) is 0 Å². The molecule has 0 aliphatic carbocycles. The summed E-state index contributed by atoms with van der Waals surface area (Å²) < 4.78 is 6.97. The van der Waals surface area contributed by atoms with E-state index in [0.717, 1.165) is 17.0 Å². The number of nitrogens with zero attached hydrogens (tertiary/aromatic N) is 4. The fourth-order valence-electron chi connectivity index (χ4n) is 2.42. The number of methoxy groups -OCH3 is 1. The van der Waals surface area contributed by atoms with E-state index < -0.39 is 0 Å². The number of ether oxygens (including phenoxy) is 1. The van der Waals surface area contributed by atoms with Crippen molar-refractivity contribution >= 4 is 11.6 Å². The van der Waals surface area contributed by atoms with E-state index in [4.69, 9.17) is 10.5 Å². The van der Waals surface area contributed by atoms with Gasteiger partial charge in [-0.05, 0) is 24.3 Å². The molecule has 3 rings (SSSR count). The van der Waals surface area contributed by atoms with Crippen molar-refractivity contribution in [3.8, 4) is 5.75 Å². The summed E-state index contributed by atoms with van der Waals surface area (Å²) in [5.41, 5.74) is 8.14. The van der Waals surface area contributed by atoms with Crippen LogP contribution in [0.1, 0.15) is 11.6 Å². The second-order valence-electron chi connectivity index (χ2n) is 4.73. The lowest BCUT2D eigenvalue weighted by Gasteiger charge is -2.25. The molecule has 2 heterocycles. The summed E-state index contributed by atoms with van der Waals surface area (Å²) in [7, 11) is 3.56. The summed E-state index contributed by atoms with van der Waals surface area (Å²) in [5, 5.41) is 4.22. The molecule has 0 saturated heterocycles. The first-order valence-electron chi connectivity index (χ1n) is 6.41. The number of aliphatic imine (C=N–C) groups is 1. The van der Waals surface area contributed by atoms with Gasteiger partial charge < -0.3 is 15.4 Å². The van der Waals surface area contributed by atoms with Crippen LogP contribution in [0, 0.1) is 0 Å². The van der Waals surface area contributed by atoms with Crippen LogP contribution in [0.3, 0.4) is 0 Å². The minimum Gasteiger partial charge on any atom is -0.497 e. The third-order valence-electron chi connectivity index (χ3n) is 3.44. The molecule has 1 aromatic carbocycles. The highest BCUT2D eigenvalue weighted by molar-refractivity contribution is 5.97. The summed E-state index contributed by atoms with van der Waals surface area (Å²) in [5.74, 6) is 1.35. The Kier molecular flexibility index (Phi) is 3.06. The maximum absolute atomic E-state index is 6.03. The Morgan fingerprint density at radius 3 is 2.65 bits per heavy atom. The lowest BCUT2D eigenvalue weighted by atomic mass is 10.1. The third kappa shape index (κ3) is 2.09. The Morgan fingerprint density at radius 1 is 1.30 bits per heavy atom. The smallest absolute Gasteiger partial charge is 0.196 e. The third-order valence-corrected chi connectivity index (χ3v) is 3.44. The minimum atomic E-state index is 0.0945. The lowest BCUT2D eigenvalue weighted by molar-refractivity contribution is 0.415. The topological polar surface area (TPSA) is 68.7 Å². The Balaban J connectivity index is 1.93. The molecule has 104 valence electrons. The van der Waals surface area contributed by atoms with Gasteiger partial charge >= 0.3 is 0 Å². The molecule has 0 spiro atoms. The molecule has 6 nitrogen and oxygen atoms in total. The van der Waals surface area contributed by atoms with Crippen molar-refractivity contribution in [3.05, 3.63) is 42.2 Å². The van der Waals surface area contributed by atoms with Gasteiger partial charge in [0.15, 0.2) is 5.96 Å². The molecule has 0 fully saturated rings. The highest BCUT2D eigenvalue weighted by Crippen LogP contribution is 2.31. The quantitative estimate of drug-likeness (QED) is 0.913. The van der Waals surface area contributed by atoms with Crippen LogP contribution >= 0.6 is 0 Å². The number of benzene rings is 1. The normalized spacial score (nSPS) is 18.2. The predicted octanol–water partition coefficient (Wildman–Crippen LogP) is 1.30. The maximum atomic E-state index is 6.03. The Morgan fingerprint density at radius 2 is 2.05 bits per heavy atom. The van der Waals surface area contributed by atoms with Crippen LogP contribution in [-0.2, 0) is 7.05 Å². The lowest BCUT2D eigenvalue weighted by Crippen LogP contribution is -2.35. The van der Waals surface area contributed by atoms with E-state index in [0.29, 0.717) is 12.5 Å². The number of aromatic nitrogens is 2. The molecule has 1 aliphatic rings. The molecule has 2 aromatic rings. The highest BCUT2D eigenvalue weighted by atomic mass is 16.5. The first-order valence-corrected chi connectivity index (χ1v) is 6.41. The number of rotatable bonds is 3. The van der Waals surface area contributed by atoms with Gasteiger partial charge in [0.1, 0.15) is 5.75 Å². The Bertz CT molecular complexity index is 631. The average molecular weight is 271 g/mol. The van der Waals surface area contributed by atoms with Crippen molar-refractivity contribution in [2.24, 2.45) is 17.8 Å². The zero-order valence-corrected chi connectivity index (χ0v) is 11.5. The summed E-state index contributed by atoms with van der Waals surface area (Å²) in [4.78, 5) is 6.38. The van der Waals surface area contributed by atoms with Gasteiger partial charge in [-0.25, -0.2) is 0 Å². The van der Waals surface area contributed by atoms with E-state index in [2.05, 4.69) is 10.1 Å². The van der Waals surface area contributed by atoms with Crippen LogP contribution < -0.4 is 15.4 Å². The second kappa shape index (κ2) is 4.88. The van der Waals surface area contributed by atoms with Crippen molar-refractivity contribution in [2.75, 3.05) is 18.6 Å². The van der Waals surface area contributed by atoms with Crippen molar-refractivity contribution in [1.29, 1.82) is 0 Å². The van der Waals surface area contributed by atoms with E-state index >= 15 is 0 Å². The Labute approximate surface area is 117 Å². The highest BCUT2D eigenvalue weighted by Gasteiger charge is 2.29. The molecule has 0 radical (unpaired) electrons. The number of hydrogen-bond acceptors (Lipinski definition) is 5. The van der Waals surface area contributed by atoms with E-state index in [1.807, 2.05) is 48.6 Å². The summed E-state index contributed by atoms with van der Waals surface area (Å²) in [6, 6.07) is 7.89. The van der Waals surface area contributed by atoms with Gasteiger partial charge in [0.25, 0.3) is 0 Å². The zero-order chi connectivity index (χ0) is 14.1. The van der Waals surface area contributed by atoms with Gasteiger partial charge in [-0.3, -0.25) is 9.67 Å². The molecule has 0 amide bonds. The van der Waals surface area contributed by atoms with Crippen LogP contribution in [-0.4, -0.2) is 29.4 Å². The van der Waals surface area contributed by atoms with Gasteiger partial charge in [-0.2, -0.15) is 5.10 Å². The molecule has 1 unspecified atom stereocenters. The first-order chi connectivity index (χ1) is 9.69. The molecule has 1 aromatic heterocycles. The SMILES string of the molecule is COc1ccc(N2C(N)=NCC2c2cnn(C)c2)cc1. The fourth-order valence-corrected chi connectivity index (χ4v) is 2.42. The van der Waals surface area contributed by atoms with Gasteiger partial charge in [0.2, 0.25) is 0 Å². The van der Waals surface area contributed by atoms with Crippen LogP contribution in [0.5, 0.6) is 5.75 Å². The predicted molar refractivity (Wildman–Crippen MR) is 77.9 cm³/mol. The molecule has 1 aliphatic heterocycles. The number of guanidine groups is 1. The van der Waals surface area contributed by atoms with Crippen molar-refractivity contribution in [2.45, 2.75) is 6.04 Å². The summed E-state index contributed by atoms with van der Waals surface area (Å²) in [6.07, 6.45) is 3.85.